The van der Waals surface area contributed by atoms with Crippen molar-refractivity contribution in [3.8, 4) is 11.1 Å². The average molecular weight is 404 g/mol. The van der Waals surface area contributed by atoms with E-state index in [9.17, 15) is 4.79 Å². The Kier molecular flexibility index (Phi) is 4.94. The van der Waals surface area contributed by atoms with Crippen molar-refractivity contribution in [2.75, 3.05) is 5.73 Å². The number of carbonyl (C=O) groups excluding carboxylic acids is 1. The number of benzene rings is 1. The highest BCUT2D eigenvalue weighted by atomic mass is 32.1. The molecule has 0 saturated heterocycles. The van der Waals surface area contributed by atoms with Gasteiger partial charge in [-0.05, 0) is 37.5 Å². The minimum absolute atomic E-state index is 0.210. The van der Waals surface area contributed by atoms with Crippen LogP contribution in [0.1, 0.15) is 32.3 Å². The molecular weight excluding hydrogens is 384 g/mol. The number of hydrogen-bond donors (Lipinski definition) is 2. The molecular formula is C21H20N6OS. The van der Waals surface area contributed by atoms with E-state index in [0.29, 0.717) is 21.9 Å². The number of aryl methyl sites for hydroxylation is 3. The number of thiophene rings is 1. The Labute approximate surface area is 172 Å². The molecule has 0 fully saturated rings. The molecule has 0 saturated carbocycles. The van der Waals surface area contributed by atoms with Crippen LogP contribution in [0, 0.1) is 20.8 Å². The molecule has 7 nitrogen and oxygen atoms in total. The first-order valence-electron chi connectivity index (χ1n) is 9.12. The van der Waals surface area contributed by atoms with E-state index in [1.54, 1.807) is 12.4 Å². The summed E-state index contributed by atoms with van der Waals surface area (Å²) in [4.78, 5) is 22.3. The van der Waals surface area contributed by atoms with Crippen molar-refractivity contribution in [2.45, 2.75) is 27.3 Å². The highest BCUT2D eigenvalue weighted by molar-refractivity contribution is 7.21. The van der Waals surface area contributed by atoms with E-state index in [2.05, 4.69) is 25.5 Å². The molecule has 0 spiro atoms. The van der Waals surface area contributed by atoms with E-state index >= 15 is 0 Å². The van der Waals surface area contributed by atoms with E-state index in [1.807, 2.05) is 45.0 Å². The Morgan fingerprint density at radius 3 is 2.41 bits per heavy atom. The van der Waals surface area contributed by atoms with Crippen LogP contribution in [-0.4, -0.2) is 26.1 Å². The molecule has 0 unspecified atom stereocenters. The van der Waals surface area contributed by atoms with Crippen molar-refractivity contribution in [2.24, 2.45) is 0 Å². The van der Waals surface area contributed by atoms with E-state index in [-0.39, 0.29) is 5.91 Å². The van der Waals surface area contributed by atoms with Gasteiger partial charge < -0.3 is 11.1 Å². The highest BCUT2D eigenvalue weighted by Crippen LogP contribution is 2.34. The van der Waals surface area contributed by atoms with Crippen molar-refractivity contribution in [3.63, 3.8) is 0 Å². The number of nitrogens with one attached hydrogen (secondary N) is 1. The number of rotatable bonds is 4. The second-order valence-electron chi connectivity index (χ2n) is 6.83. The monoisotopic (exact) mass is 404 g/mol. The molecule has 0 aliphatic heterocycles. The third-order valence-electron chi connectivity index (χ3n) is 4.86. The quantitative estimate of drug-likeness (QED) is 0.538. The largest absolute Gasteiger partial charge is 0.397 e. The van der Waals surface area contributed by atoms with Crippen LogP contribution < -0.4 is 11.1 Å². The van der Waals surface area contributed by atoms with Crippen molar-refractivity contribution in [3.05, 3.63) is 64.2 Å². The fraction of sp³-hybridized carbons (Fsp3) is 0.190. The number of aromatic nitrogens is 4. The highest BCUT2D eigenvalue weighted by Gasteiger charge is 2.19. The van der Waals surface area contributed by atoms with Gasteiger partial charge in [-0.3, -0.25) is 4.79 Å². The van der Waals surface area contributed by atoms with Gasteiger partial charge in [-0.2, -0.15) is 5.10 Å². The van der Waals surface area contributed by atoms with Crippen molar-refractivity contribution < 1.29 is 4.79 Å². The smallest absolute Gasteiger partial charge is 0.263 e. The molecule has 0 atom stereocenters. The van der Waals surface area contributed by atoms with E-state index in [0.717, 1.165) is 39.2 Å². The van der Waals surface area contributed by atoms with Gasteiger partial charge in [0.25, 0.3) is 5.91 Å². The summed E-state index contributed by atoms with van der Waals surface area (Å²) in [7, 11) is 0. The molecule has 0 aliphatic rings. The molecule has 0 radical (unpaired) electrons. The number of nitrogen functional groups attached to an aromatic ring is 1. The number of anilines is 1. The van der Waals surface area contributed by atoms with Crippen LogP contribution in [0.2, 0.25) is 0 Å². The van der Waals surface area contributed by atoms with Gasteiger partial charge in [0, 0.05) is 29.9 Å². The molecule has 3 aromatic heterocycles. The molecule has 4 aromatic rings. The Bertz CT molecular complexity index is 1200. The van der Waals surface area contributed by atoms with Gasteiger partial charge in [-0.15, -0.1) is 16.4 Å². The molecule has 1 amide bonds. The summed E-state index contributed by atoms with van der Waals surface area (Å²) in [6.45, 7) is 6.08. The second kappa shape index (κ2) is 7.56. The summed E-state index contributed by atoms with van der Waals surface area (Å²) < 4.78 is 0. The van der Waals surface area contributed by atoms with Crippen LogP contribution in [-0.2, 0) is 6.54 Å². The minimum Gasteiger partial charge on any atom is -0.397 e. The molecule has 1 aromatic carbocycles. The van der Waals surface area contributed by atoms with Crippen LogP contribution in [0.3, 0.4) is 0 Å². The first-order chi connectivity index (χ1) is 13.9. The summed E-state index contributed by atoms with van der Waals surface area (Å²) >= 11 is 1.27. The maximum absolute atomic E-state index is 12.7. The van der Waals surface area contributed by atoms with Gasteiger partial charge in [0.05, 0.1) is 11.4 Å². The molecule has 146 valence electrons. The summed E-state index contributed by atoms with van der Waals surface area (Å²) in [5, 5.41) is 12.0. The van der Waals surface area contributed by atoms with Crippen LogP contribution in [0.5, 0.6) is 0 Å². The van der Waals surface area contributed by atoms with E-state index in [1.165, 1.54) is 11.3 Å². The lowest BCUT2D eigenvalue weighted by Gasteiger charge is -2.07. The topological polar surface area (TPSA) is 107 Å². The molecule has 0 aliphatic carbocycles. The zero-order chi connectivity index (χ0) is 20.5. The number of nitrogens with zero attached hydrogens (tertiary/aromatic N) is 4. The fourth-order valence-electron chi connectivity index (χ4n) is 3.03. The zero-order valence-electron chi connectivity index (χ0n) is 16.4. The van der Waals surface area contributed by atoms with Crippen molar-refractivity contribution >= 4 is 33.1 Å². The van der Waals surface area contributed by atoms with Gasteiger partial charge in [-0.1, -0.05) is 24.3 Å². The number of amides is 1. The summed E-state index contributed by atoms with van der Waals surface area (Å²) in [6, 6.07) is 7.93. The Balaban J connectivity index is 1.48. The van der Waals surface area contributed by atoms with Gasteiger partial charge >= 0.3 is 0 Å². The summed E-state index contributed by atoms with van der Waals surface area (Å²) in [5.74, 6) is 0.531. The lowest BCUT2D eigenvalue weighted by Crippen LogP contribution is -2.22. The minimum atomic E-state index is -0.210. The Morgan fingerprint density at radius 2 is 1.72 bits per heavy atom. The van der Waals surface area contributed by atoms with Gasteiger partial charge in [0.15, 0.2) is 0 Å². The maximum atomic E-state index is 12.7. The van der Waals surface area contributed by atoms with Gasteiger partial charge in [-0.25, -0.2) is 9.97 Å². The van der Waals surface area contributed by atoms with Gasteiger partial charge in [0.2, 0.25) is 0 Å². The molecule has 3 N–H and O–H groups in total. The van der Waals surface area contributed by atoms with Crippen LogP contribution in [0.25, 0.3) is 21.3 Å². The predicted octanol–water partition coefficient (Wildman–Crippen LogP) is 3.59. The van der Waals surface area contributed by atoms with Crippen LogP contribution in [0.15, 0.2) is 36.7 Å². The fourth-order valence-corrected chi connectivity index (χ4v) is 4.05. The third kappa shape index (κ3) is 3.66. The second-order valence-corrected chi connectivity index (χ2v) is 7.83. The normalized spacial score (nSPS) is 11.0. The Morgan fingerprint density at radius 1 is 1.03 bits per heavy atom. The van der Waals surface area contributed by atoms with Crippen molar-refractivity contribution in [1.29, 1.82) is 0 Å². The average Bonchev–Trinajstić information content (AvgIpc) is 3.07. The predicted molar refractivity (Wildman–Crippen MR) is 115 cm³/mol. The first-order valence-corrected chi connectivity index (χ1v) is 9.93. The van der Waals surface area contributed by atoms with Crippen LogP contribution >= 0.6 is 11.3 Å². The van der Waals surface area contributed by atoms with Crippen LogP contribution in [0.4, 0.5) is 5.69 Å². The Hall–Kier alpha value is -3.39. The molecule has 8 heteroatoms. The van der Waals surface area contributed by atoms with Crippen molar-refractivity contribution in [1.82, 2.24) is 25.5 Å². The SMILES string of the molecule is Cc1ncc(-c2ccc(CNC(=O)c3sc4nnc(C)c(C)c4c3N)cc2)cn1. The number of hydrogen-bond acceptors (Lipinski definition) is 7. The van der Waals surface area contributed by atoms with E-state index < -0.39 is 0 Å². The van der Waals surface area contributed by atoms with Gasteiger partial charge in [0.1, 0.15) is 15.5 Å². The summed E-state index contributed by atoms with van der Waals surface area (Å²) in [5.41, 5.74) is 11.4. The maximum Gasteiger partial charge on any atom is 0.263 e. The number of carbonyl (C=O) groups is 1. The molecule has 29 heavy (non-hydrogen) atoms. The summed E-state index contributed by atoms with van der Waals surface area (Å²) in [6.07, 6.45) is 3.60. The standard InChI is InChI=1S/C21H20N6OS/c1-11-12(2)26-27-21-17(11)18(22)19(29-21)20(28)25-8-14-4-6-15(7-5-14)16-9-23-13(3)24-10-16/h4-7,9-10H,8,22H2,1-3H3,(H,25,28). The molecule has 4 rings (SSSR count). The molecule has 0 bridgehead atoms. The lowest BCUT2D eigenvalue weighted by atomic mass is 10.1. The zero-order valence-corrected chi connectivity index (χ0v) is 17.2. The number of nitrogens with two attached hydrogens (primary N) is 1. The molecule has 3 heterocycles. The third-order valence-corrected chi connectivity index (χ3v) is 5.95. The lowest BCUT2D eigenvalue weighted by molar-refractivity contribution is 0.0956. The number of fused-ring (bicyclic) bond motifs is 1. The van der Waals surface area contributed by atoms with E-state index in [4.69, 9.17) is 5.73 Å². The first kappa shape index (κ1) is 18.9.